The lowest BCUT2D eigenvalue weighted by molar-refractivity contribution is 0.0311. The van der Waals surface area contributed by atoms with Gasteiger partial charge in [0.2, 0.25) is 10.0 Å². The number of sulfonamides is 1. The first-order valence-electron chi connectivity index (χ1n) is 9.53. The zero-order valence-electron chi connectivity index (χ0n) is 16.6. The summed E-state index contributed by atoms with van der Waals surface area (Å²) in [6.07, 6.45) is 2.98. The minimum Gasteiger partial charge on any atom is -0.496 e. The molecule has 0 unspecified atom stereocenters. The van der Waals surface area contributed by atoms with Crippen LogP contribution in [-0.2, 0) is 10.0 Å². The summed E-state index contributed by atoms with van der Waals surface area (Å²) in [6, 6.07) is 5.05. The van der Waals surface area contributed by atoms with E-state index in [0.29, 0.717) is 42.5 Å². The second kappa shape index (κ2) is 8.18. The van der Waals surface area contributed by atoms with Gasteiger partial charge in [-0.25, -0.2) is 12.7 Å². The molecule has 1 aromatic carbocycles. The number of carbonyl (C=O) groups is 1. The maximum atomic E-state index is 13.0. The topological polar surface area (TPSA) is 70.2 Å². The minimum absolute atomic E-state index is 0.0891. The molecule has 0 bridgehead atoms. The average Bonchev–Trinajstić information content (AvgIpc) is 3.14. The molecule has 2 aliphatic rings. The summed E-state index contributed by atoms with van der Waals surface area (Å²) in [5.74, 6) is 0.426. The first-order valence-corrected chi connectivity index (χ1v) is 11.8. The highest BCUT2D eigenvalue weighted by molar-refractivity contribution is 7.88. The van der Waals surface area contributed by atoms with E-state index in [1.54, 1.807) is 22.5 Å². The maximum Gasteiger partial charge on any atom is 0.257 e. The summed E-state index contributed by atoms with van der Waals surface area (Å²) in [5.41, 5.74) is 0.323. The number of benzene rings is 1. The number of piperazine rings is 1. The number of nitrogens with zero attached hydrogens (tertiary/aromatic N) is 3. The van der Waals surface area contributed by atoms with Gasteiger partial charge in [-0.1, -0.05) is 18.5 Å². The highest BCUT2D eigenvalue weighted by Crippen LogP contribution is 2.34. The number of hydrogen-bond donors (Lipinski definition) is 0. The Morgan fingerprint density at radius 1 is 1.21 bits per heavy atom. The van der Waals surface area contributed by atoms with E-state index in [-0.39, 0.29) is 11.4 Å². The highest BCUT2D eigenvalue weighted by Gasteiger charge is 2.45. The van der Waals surface area contributed by atoms with E-state index in [1.165, 1.54) is 13.4 Å². The van der Waals surface area contributed by atoms with E-state index in [9.17, 15) is 13.2 Å². The second-order valence-corrected chi connectivity index (χ2v) is 9.97. The molecule has 1 amide bonds. The first-order chi connectivity index (χ1) is 13.2. The molecule has 7 nitrogen and oxygen atoms in total. The lowest BCUT2D eigenvalue weighted by atomic mass is 9.92. The molecule has 156 valence electrons. The van der Waals surface area contributed by atoms with Crippen molar-refractivity contribution in [1.29, 1.82) is 0 Å². The molecule has 9 heteroatoms. The molecule has 2 saturated heterocycles. The number of hydrogen-bond acceptors (Lipinski definition) is 5. The van der Waals surface area contributed by atoms with Gasteiger partial charge in [-0.3, -0.25) is 9.69 Å². The van der Waals surface area contributed by atoms with Crippen LogP contribution in [-0.4, -0.2) is 86.6 Å². The molecule has 2 fully saturated rings. The third-order valence-corrected chi connectivity index (χ3v) is 7.54. The van der Waals surface area contributed by atoms with Crippen molar-refractivity contribution in [1.82, 2.24) is 14.1 Å². The Morgan fingerprint density at radius 3 is 2.43 bits per heavy atom. The largest absolute Gasteiger partial charge is 0.496 e. The summed E-state index contributed by atoms with van der Waals surface area (Å²) in [5, 5.41) is 0.500. The van der Waals surface area contributed by atoms with Crippen molar-refractivity contribution in [2.24, 2.45) is 0 Å². The third-order valence-electron chi connectivity index (χ3n) is 6.05. The maximum absolute atomic E-state index is 13.0. The summed E-state index contributed by atoms with van der Waals surface area (Å²) in [7, 11) is -1.64. The Kier molecular flexibility index (Phi) is 6.24. The van der Waals surface area contributed by atoms with Crippen molar-refractivity contribution in [3.05, 3.63) is 28.8 Å². The van der Waals surface area contributed by atoms with Crippen molar-refractivity contribution >= 4 is 27.5 Å². The number of rotatable bonds is 5. The normalized spacial score (nSPS) is 24.5. The van der Waals surface area contributed by atoms with E-state index in [4.69, 9.17) is 16.3 Å². The second-order valence-electron chi connectivity index (χ2n) is 7.55. The summed E-state index contributed by atoms with van der Waals surface area (Å²) in [6.45, 7) is 5.83. The monoisotopic (exact) mass is 429 g/mol. The standard InChI is InChI=1S/C19H28ClN3O4S/c1-4-19(7-8-23(14-19)28(3,25)26)22-11-9-21(10-12-22)18(24)16-13-15(20)5-6-17(16)27-2/h5-6,13H,4,7-12,14H2,1-3H3/t19-/m0/s1. The molecular weight excluding hydrogens is 402 g/mol. The molecule has 0 N–H and O–H groups in total. The molecule has 0 aliphatic carbocycles. The van der Waals surface area contributed by atoms with E-state index in [0.717, 1.165) is 25.9 Å². The highest BCUT2D eigenvalue weighted by atomic mass is 35.5. The van der Waals surface area contributed by atoms with E-state index < -0.39 is 10.0 Å². The fourth-order valence-corrected chi connectivity index (χ4v) is 5.34. The third kappa shape index (κ3) is 4.15. The summed E-state index contributed by atoms with van der Waals surface area (Å²) >= 11 is 6.07. The van der Waals surface area contributed by atoms with Gasteiger partial charge >= 0.3 is 0 Å². The summed E-state index contributed by atoms with van der Waals surface area (Å²) < 4.78 is 30.8. The zero-order valence-corrected chi connectivity index (χ0v) is 18.2. The molecule has 0 spiro atoms. The molecule has 0 aromatic heterocycles. The fraction of sp³-hybridized carbons (Fsp3) is 0.632. The van der Waals surface area contributed by atoms with Crippen molar-refractivity contribution in [3.8, 4) is 5.75 Å². The SMILES string of the molecule is CC[C@]1(N2CCN(C(=O)c3cc(Cl)ccc3OC)CC2)CCN(S(C)(=O)=O)C1. The average molecular weight is 430 g/mol. The molecule has 3 rings (SSSR count). The molecule has 2 heterocycles. The lowest BCUT2D eigenvalue weighted by Crippen LogP contribution is -2.59. The van der Waals surface area contributed by atoms with Gasteiger partial charge in [0.25, 0.3) is 5.91 Å². The molecule has 0 radical (unpaired) electrons. The van der Waals surface area contributed by atoms with Crippen molar-refractivity contribution < 1.29 is 17.9 Å². The van der Waals surface area contributed by atoms with Crippen LogP contribution < -0.4 is 4.74 Å². The van der Waals surface area contributed by atoms with Crippen LogP contribution in [0.5, 0.6) is 5.75 Å². The smallest absolute Gasteiger partial charge is 0.257 e. The van der Waals surface area contributed by atoms with Gasteiger partial charge in [-0.05, 0) is 31.0 Å². The number of carbonyl (C=O) groups excluding carboxylic acids is 1. The lowest BCUT2D eigenvalue weighted by Gasteiger charge is -2.45. The van der Waals surface area contributed by atoms with Gasteiger partial charge in [0.15, 0.2) is 0 Å². The van der Waals surface area contributed by atoms with Crippen molar-refractivity contribution in [3.63, 3.8) is 0 Å². The molecule has 1 atom stereocenters. The van der Waals surface area contributed by atoms with Gasteiger partial charge in [-0.15, -0.1) is 0 Å². The quantitative estimate of drug-likeness (QED) is 0.715. The summed E-state index contributed by atoms with van der Waals surface area (Å²) in [4.78, 5) is 17.1. The van der Waals surface area contributed by atoms with Gasteiger partial charge in [0.1, 0.15) is 5.75 Å². The van der Waals surface area contributed by atoms with Crippen LogP contribution >= 0.6 is 11.6 Å². The van der Waals surface area contributed by atoms with Crippen LogP contribution in [0.2, 0.25) is 5.02 Å². The Balaban J connectivity index is 1.69. The van der Waals surface area contributed by atoms with Gasteiger partial charge < -0.3 is 9.64 Å². The van der Waals surface area contributed by atoms with E-state index in [1.807, 2.05) is 4.90 Å². The van der Waals surface area contributed by atoms with Gasteiger partial charge in [0, 0.05) is 49.8 Å². The van der Waals surface area contributed by atoms with Crippen molar-refractivity contribution in [2.45, 2.75) is 25.3 Å². The Bertz CT molecular complexity index is 840. The number of halogens is 1. The Morgan fingerprint density at radius 2 is 1.89 bits per heavy atom. The van der Waals surface area contributed by atoms with Crippen LogP contribution in [0.15, 0.2) is 18.2 Å². The molecule has 2 aliphatic heterocycles. The van der Waals surface area contributed by atoms with Crippen LogP contribution in [0.3, 0.4) is 0 Å². The number of amides is 1. The molecule has 1 aromatic rings. The van der Waals surface area contributed by atoms with Crippen LogP contribution in [0.4, 0.5) is 0 Å². The van der Waals surface area contributed by atoms with Gasteiger partial charge in [0.05, 0.1) is 18.9 Å². The fourth-order valence-electron chi connectivity index (χ4n) is 4.27. The molecule has 0 saturated carbocycles. The van der Waals surface area contributed by atoms with E-state index >= 15 is 0 Å². The van der Waals surface area contributed by atoms with Gasteiger partial charge in [-0.2, -0.15) is 0 Å². The first kappa shape index (κ1) is 21.4. The predicted molar refractivity (Wildman–Crippen MR) is 110 cm³/mol. The zero-order chi connectivity index (χ0) is 20.5. The Labute approximate surface area is 172 Å². The van der Waals surface area contributed by atoms with E-state index in [2.05, 4.69) is 11.8 Å². The molecular formula is C19H28ClN3O4S. The molecule has 28 heavy (non-hydrogen) atoms. The Hall–Kier alpha value is -1.35. The van der Waals surface area contributed by atoms with Crippen LogP contribution in [0, 0.1) is 0 Å². The predicted octanol–water partition coefficient (Wildman–Crippen LogP) is 1.92. The van der Waals surface area contributed by atoms with Crippen LogP contribution in [0.1, 0.15) is 30.1 Å². The van der Waals surface area contributed by atoms with Crippen molar-refractivity contribution in [2.75, 3.05) is 52.6 Å². The minimum atomic E-state index is -3.18. The number of ether oxygens (including phenoxy) is 1. The number of methoxy groups -OCH3 is 1. The van der Waals surface area contributed by atoms with Crippen LogP contribution in [0.25, 0.3) is 0 Å².